The van der Waals surface area contributed by atoms with Gasteiger partial charge in [-0.2, -0.15) is 0 Å². The van der Waals surface area contributed by atoms with E-state index in [2.05, 4.69) is 26.0 Å². The molecule has 0 saturated carbocycles. The summed E-state index contributed by atoms with van der Waals surface area (Å²) >= 11 is 0. The monoisotopic (exact) mass is 276 g/mol. The van der Waals surface area contributed by atoms with Crippen LogP contribution in [0.15, 0.2) is 18.2 Å². The molecular weight excluding hydrogens is 252 g/mol. The fourth-order valence-electron chi connectivity index (χ4n) is 2.83. The quantitative estimate of drug-likeness (QED) is 0.893. The van der Waals surface area contributed by atoms with Gasteiger partial charge in [-0.15, -0.1) is 0 Å². The minimum Gasteiger partial charge on any atom is -0.375 e. The summed E-state index contributed by atoms with van der Waals surface area (Å²) in [7, 11) is 1.55. The van der Waals surface area contributed by atoms with E-state index < -0.39 is 0 Å². The average Bonchev–Trinajstić information content (AvgIpc) is 2.74. The topological polar surface area (TPSA) is 55.6 Å². The van der Waals surface area contributed by atoms with Crippen LogP contribution in [0.25, 0.3) is 0 Å². The molecule has 0 aliphatic carbocycles. The molecule has 0 fully saturated rings. The van der Waals surface area contributed by atoms with Gasteiger partial charge in [0.05, 0.1) is 0 Å². The molecule has 1 amide bonds. The number of fused-ring (bicyclic) bond motifs is 1. The van der Waals surface area contributed by atoms with Crippen molar-refractivity contribution in [2.45, 2.75) is 45.2 Å². The molecule has 4 nitrogen and oxygen atoms in total. The third-order valence-corrected chi connectivity index (χ3v) is 3.92. The normalized spacial score (nSPS) is 19.0. The lowest BCUT2D eigenvalue weighted by atomic mass is 10.0. The van der Waals surface area contributed by atoms with Crippen LogP contribution in [-0.4, -0.2) is 31.7 Å². The molecule has 0 spiro atoms. The van der Waals surface area contributed by atoms with E-state index in [-0.39, 0.29) is 24.6 Å². The Hall–Kier alpha value is -1.39. The van der Waals surface area contributed by atoms with Crippen molar-refractivity contribution in [2.24, 2.45) is 5.73 Å². The molecule has 0 bridgehead atoms. The summed E-state index contributed by atoms with van der Waals surface area (Å²) in [6.07, 6.45) is 2.77. The first-order valence-electron chi connectivity index (χ1n) is 7.25. The fourth-order valence-corrected chi connectivity index (χ4v) is 2.83. The number of nitrogens with two attached hydrogens (primary N) is 1. The molecule has 0 radical (unpaired) electrons. The van der Waals surface area contributed by atoms with Crippen LogP contribution in [0.4, 0.5) is 5.69 Å². The molecule has 2 atom stereocenters. The number of hydrogen-bond acceptors (Lipinski definition) is 3. The van der Waals surface area contributed by atoms with Crippen molar-refractivity contribution in [3.05, 3.63) is 29.3 Å². The van der Waals surface area contributed by atoms with Crippen molar-refractivity contribution in [1.29, 1.82) is 0 Å². The number of carbonyl (C=O) groups excluding carboxylic acids is 1. The van der Waals surface area contributed by atoms with Gasteiger partial charge in [0, 0.05) is 24.9 Å². The summed E-state index contributed by atoms with van der Waals surface area (Å²) in [5, 5.41) is 0. The zero-order valence-electron chi connectivity index (χ0n) is 12.6. The first kappa shape index (κ1) is 15.0. The maximum atomic E-state index is 12.1. The highest BCUT2D eigenvalue weighted by Crippen LogP contribution is 2.33. The number of ether oxygens (including phenoxy) is 1. The Morgan fingerprint density at radius 1 is 1.55 bits per heavy atom. The van der Waals surface area contributed by atoms with Crippen molar-refractivity contribution in [2.75, 3.05) is 18.6 Å². The van der Waals surface area contributed by atoms with Crippen molar-refractivity contribution in [3.63, 3.8) is 0 Å². The molecular formula is C16H24N2O2. The maximum absolute atomic E-state index is 12.1. The van der Waals surface area contributed by atoms with Gasteiger partial charge in [0.1, 0.15) is 6.61 Å². The Morgan fingerprint density at radius 2 is 2.30 bits per heavy atom. The van der Waals surface area contributed by atoms with Gasteiger partial charge in [0.2, 0.25) is 0 Å². The number of benzene rings is 1. The van der Waals surface area contributed by atoms with E-state index in [0.29, 0.717) is 0 Å². The number of amides is 1. The van der Waals surface area contributed by atoms with Gasteiger partial charge in [0.15, 0.2) is 0 Å². The molecule has 0 saturated heterocycles. The Labute approximate surface area is 120 Å². The first-order valence-corrected chi connectivity index (χ1v) is 7.25. The van der Waals surface area contributed by atoms with Crippen molar-refractivity contribution in [3.8, 4) is 0 Å². The Morgan fingerprint density at radius 3 is 2.95 bits per heavy atom. The minimum atomic E-state index is 0.0248. The number of rotatable bonds is 5. The number of hydrogen-bond donors (Lipinski definition) is 1. The van der Waals surface area contributed by atoms with Gasteiger partial charge < -0.3 is 15.4 Å². The Kier molecular flexibility index (Phi) is 4.78. The third kappa shape index (κ3) is 3.02. The molecule has 2 N–H and O–H groups in total. The predicted molar refractivity (Wildman–Crippen MR) is 80.9 cm³/mol. The third-order valence-electron chi connectivity index (χ3n) is 3.92. The van der Waals surface area contributed by atoms with E-state index in [9.17, 15) is 4.79 Å². The molecule has 1 aliphatic heterocycles. The lowest BCUT2D eigenvalue weighted by molar-refractivity contribution is -0.122. The van der Waals surface area contributed by atoms with Gasteiger partial charge in [-0.3, -0.25) is 4.79 Å². The zero-order valence-corrected chi connectivity index (χ0v) is 12.6. The van der Waals surface area contributed by atoms with Crippen LogP contribution in [0.2, 0.25) is 0 Å². The molecule has 1 aromatic rings. The summed E-state index contributed by atoms with van der Waals surface area (Å²) in [5.74, 6) is 0.0248. The van der Waals surface area contributed by atoms with Crippen LogP contribution < -0.4 is 10.6 Å². The molecule has 4 heteroatoms. The molecule has 1 aromatic carbocycles. The maximum Gasteiger partial charge on any atom is 0.253 e. The van der Waals surface area contributed by atoms with Crippen LogP contribution in [0.5, 0.6) is 0 Å². The second kappa shape index (κ2) is 6.37. The van der Waals surface area contributed by atoms with Crippen LogP contribution in [0, 0.1) is 0 Å². The van der Waals surface area contributed by atoms with Crippen LogP contribution in [-0.2, 0) is 22.4 Å². The number of methoxy groups -OCH3 is 1. The molecule has 0 aromatic heterocycles. The zero-order chi connectivity index (χ0) is 14.7. The molecule has 20 heavy (non-hydrogen) atoms. The van der Waals surface area contributed by atoms with Crippen LogP contribution >= 0.6 is 0 Å². The van der Waals surface area contributed by atoms with Crippen molar-refractivity contribution in [1.82, 2.24) is 0 Å². The summed E-state index contributed by atoms with van der Waals surface area (Å²) < 4.78 is 4.96. The average molecular weight is 276 g/mol. The van der Waals surface area contributed by atoms with Crippen LogP contribution in [0.3, 0.4) is 0 Å². The van der Waals surface area contributed by atoms with E-state index >= 15 is 0 Å². The first-order chi connectivity index (χ1) is 9.56. The van der Waals surface area contributed by atoms with Gasteiger partial charge in [-0.05, 0) is 43.4 Å². The summed E-state index contributed by atoms with van der Waals surface area (Å²) in [6.45, 7) is 4.31. The standard InChI is InChI=1S/C16H24N2O2/c1-4-14(17)9-12-5-6-15-13(8-12)7-11(2)18(15)16(19)10-20-3/h5-6,8,11,14H,4,7,9-10,17H2,1-3H3. The van der Waals surface area contributed by atoms with E-state index in [1.807, 2.05) is 11.0 Å². The molecule has 2 unspecified atom stereocenters. The highest BCUT2D eigenvalue weighted by atomic mass is 16.5. The van der Waals surface area contributed by atoms with Gasteiger partial charge >= 0.3 is 0 Å². The van der Waals surface area contributed by atoms with Crippen molar-refractivity contribution < 1.29 is 9.53 Å². The number of carbonyl (C=O) groups is 1. The van der Waals surface area contributed by atoms with E-state index in [1.54, 1.807) is 7.11 Å². The summed E-state index contributed by atoms with van der Waals surface area (Å²) in [6, 6.07) is 6.73. The molecule has 110 valence electrons. The lowest BCUT2D eigenvalue weighted by Crippen LogP contribution is -2.38. The van der Waals surface area contributed by atoms with E-state index in [0.717, 1.165) is 24.9 Å². The van der Waals surface area contributed by atoms with E-state index in [1.165, 1.54) is 11.1 Å². The second-order valence-electron chi connectivity index (χ2n) is 5.59. The number of nitrogens with zero attached hydrogens (tertiary/aromatic N) is 1. The smallest absolute Gasteiger partial charge is 0.253 e. The Balaban J connectivity index is 2.21. The summed E-state index contributed by atoms with van der Waals surface area (Å²) in [5.41, 5.74) is 9.53. The SMILES string of the molecule is CCC(N)Cc1ccc2c(c1)CC(C)N2C(=O)COC. The highest BCUT2D eigenvalue weighted by Gasteiger charge is 2.30. The van der Waals surface area contributed by atoms with Gasteiger partial charge in [-0.1, -0.05) is 19.1 Å². The van der Waals surface area contributed by atoms with Gasteiger partial charge in [-0.25, -0.2) is 0 Å². The minimum absolute atomic E-state index is 0.0248. The lowest BCUT2D eigenvalue weighted by Gasteiger charge is -2.22. The molecule has 2 rings (SSSR count). The predicted octanol–water partition coefficient (Wildman–Crippen LogP) is 1.89. The Bertz CT molecular complexity index is 487. The second-order valence-corrected chi connectivity index (χ2v) is 5.59. The van der Waals surface area contributed by atoms with Crippen LogP contribution in [0.1, 0.15) is 31.4 Å². The highest BCUT2D eigenvalue weighted by molar-refractivity contribution is 5.97. The fraction of sp³-hybridized carbons (Fsp3) is 0.562. The molecule has 1 aliphatic rings. The molecule has 1 heterocycles. The number of anilines is 1. The van der Waals surface area contributed by atoms with Gasteiger partial charge in [0.25, 0.3) is 5.91 Å². The largest absolute Gasteiger partial charge is 0.375 e. The summed E-state index contributed by atoms with van der Waals surface area (Å²) in [4.78, 5) is 14.0. The van der Waals surface area contributed by atoms with Crippen molar-refractivity contribution >= 4 is 11.6 Å². The van der Waals surface area contributed by atoms with E-state index in [4.69, 9.17) is 10.5 Å².